The largest absolute Gasteiger partial charge is 0.463 e. The molecule has 18 heteroatoms. The fourth-order valence-electron chi connectivity index (χ4n) is 6.83. The molecule has 0 spiro atoms. The quantitative estimate of drug-likeness (QED) is 0.107. The maximum absolute atomic E-state index is 14.9. The van der Waals surface area contributed by atoms with Gasteiger partial charge in [-0.15, -0.1) is 0 Å². The second-order valence-corrected chi connectivity index (χ2v) is 15.3. The first kappa shape index (κ1) is 38.8. The lowest BCUT2D eigenvalue weighted by atomic mass is 9.75. The average molecular weight is 779 g/mol. The second kappa shape index (κ2) is 14.0. The summed E-state index contributed by atoms with van der Waals surface area (Å²) in [5, 5.41) is 7.57. The number of amides is 1. The number of esters is 1. The Morgan fingerprint density at radius 3 is 2.28 bits per heavy atom. The lowest BCUT2D eigenvalue weighted by molar-refractivity contribution is -0.153. The first-order valence-electron chi connectivity index (χ1n) is 16.9. The zero-order valence-electron chi connectivity index (χ0n) is 29.6. The van der Waals surface area contributed by atoms with Gasteiger partial charge in [-0.05, 0) is 60.4 Å². The van der Waals surface area contributed by atoms with Crippen molar-refractivity contribution < 1.29 is 40.7 Å². The summed E-state index contributed by atoms with van der Waals surface area (Å²) in [5.74, 6) is -5.67. The Kier molecular flexibility index (Phi) is 10.1. The van der Waals surface area contributed by atoms with E-state index in [4.69, 9.17) is 27.1 Å². The molecule has 1 aliphatic carbocycles. The minimum atomic E-state index is -3.13. The third-order valence-corrected chi connectivity index (χ3v) is 10.1. The van der Waals surface area contributed by atoms with Crippen LogP contribution >= 0.6 is 11.6 Å². The summed E-state index contributed by atoms with van der Waals surface area (Å²) in [6.45, 7) is 3.02. The van der Waals surface area contributed by atoms with E-state index in [1.165, 1.54) is 30.6 Å². The molecule has 3 heterocycles. The van der Waals surface area contributed by atoms with Crippen LogP contribution in [-0.4, -0.2) is 59.8 Å². The molecule has 1 fully saturated rings. The highest BCUT2D eigenvalue weighted by Gasteiger charge is 2.60. The first-order chi connectivity index (χ1) is 25.2. The van der Waals surface area contributed by atoms with Gasteiger partial charge in [-0.2, -0.15) is 19.0 Å². The zero-order chi connectivity index (χ0) is 39.4. The number of carbonyl (C=O) groups excluding carboxylic acids is 2. The average Bonchev–Trinajstić information content (AvgIpc) is 3.40. The number of carbonyl (C=O) groups is 2. The van der Waals surface area contributed by atoms with Crippen molar-refractivity contribution in [1.29, 1.82) is 0 Å². The Hall–Kier alpha value is -4.93. The number of alkyl halides is 6. The van der Waals surface area contributed by atoms with Crippen LogP contribution in [0.2, 0.25) is 5.02 Å². The van der Waals surface area contributed by atoms with Crippen molar-refractivity contribution in [3.05, 3.63) is 83.2 Å². The van der Waals surface area contributed by atoms with Crippen LogP contribution in [0.4, 0.5) is 26.3 Å². The molecule has 2 aromatic heterocycles. The van der Waals surface area contributed by atoms with E-state index in [0.29, 0.717) is 21.4 Å². The monoisotopic (exact) mass is 778 g/mol. The van der Waals surface area contributed by atoms with Crippen molar-refractivity contribution in [2.24, 2.45) is 21.6 Å². The number of aliphatic imine (C=N–C) groups is 1. The zero-order valence-corrected chi connectivity index (χ0v) is 30.4. The molecule has 1 amide bonds. The summed E-state index contributed by atoms with van der Waals surface area (Å²) in [7, 11) is 0. The number of hydrogen-bond acceptors (Lipinski definition) is 8. The smallest absolute Gasteiger partial charge is 0.333 e. The highest BCUT2D eigenvalue weighted by molar-refractivity contribution is 6.32. The maximum atomic E-state index is 14.9. The molecule has 1 aliphatic heterocycles. The third kappa shape index (κ3) is 7.42. The Balaban J connectivity index is 1.40. The van der Waals surface area contributed by atoms with Gasteiger partial charge in [0.25, 0.3) is 18.3 Å². The molecule has 54 heavy (non-hydrogen) atoms. The Labute approximate surface area is 311 Å². The van der Waals surface area contributed by atoms with Crippen LogP contribution in [0.5, 0.6) is 0 Å². The van der Waals surface area contributed by atoms with E-state index < -0.39 is 72.0 Å². The summed E-state index contributed by atoms with van der Waals surface area (Å²) in [6.07, 6.45) is 0.190. The van der Waals surface area contributed by atoms with Crippen LogP contribution in [0.1, 0.15) is 89.3 Å². The normalized spacial score (nSPS) is 19.1. The molecule has 2 atom stereocenters. The molecule has 2 N–H and O–H groups in total. The van der Waals surface area contributed by atoms with Gasteiger partial charge >= 0.3 is 12.5 Å². The van der Waals surface area contributed by atoms with Crippen molar-refractivity contribution in [2.75, 3.05) is 6.61 Å². The molecule has 6 rings (SSSR count). The number of halogens is 7. The first-order valence-corrected chi connectivity index (χ1v) is 17.3. The van der Waals surface area contributed by atoms with E-state index in [9.17, 15) is 35.9 Å². The van der Waals surface area contributed by atoms with Crippen molar-refractivity contribution >= 4 is 29.4 Å². The van der Waals surface area contributed by atoms with E-state index >= 15 is 0 Å². The highest BCUT2D eigenvalue weighted by Crippen LogP contribution is 2.59. The number of benzene rings is 2. The third-order valence-electron chi connectivity index (χ3n) is 9.74. The molecule has 0 unspecified atom stereocenters. The minimum absolute atomic E-state index is 0.00148. The number of rotatable bonds is 13. The SMILES string of the molecule is CC(C)(C)C[C@]1(c2ccc(-c3cnn(C(F)F)c3)cc2)N=C(N)N([C@H](COC(=O)CC2(C(C)(F)F)CC2)c2ccc(Cl)c(-n3ncnc3C(F)F)c2)C1=O. The molecule has 2 aliphatic rings. The standard InChI is InChI=1S/C36H37ClF6N8O3/c1-33(2,3)18-36(23-8-5-20(6-9-23)22-15-46-49(16-22)31(40)41)30(53)50(32(44)48-36)26(17-54-27(52)14-35(11-12-35)34(4,42)43)21-7-10-24(37)25(13-21)51-29(28(38)39)45-19-47-51/h5-10,13,15-16,19,26,28,31H,11-12,14,17-18H2,1-4H3,(H2,44,48)/t26-,36-/m1/s1. The van der Waals surface area contributed by atoms with E-state index in [2.05, 4.69) is 15.2 Å². The number of guanidine groups is 1. The number of aromatic nitrogens is 5. The Bertz CT molecular complexity index is 2070. The van der Waals surface area contributed by atoms with Crippen molar-refractivity contribution in [3.8, 4) is 16.8 Å². The summed E-state index contributed by atoms with van der Waals surface area (Å²) < 4.78 is 89.8. The van der Waals surface area contributed by atoms with Gasteiger partial charge in [-0.3, -0.25) is 14.5 Å². The van der Waals surface area contributed by atoms with E-state index in [1.807, 2.05) is 20.8 Å². The van der Waals surface area contributed by atoms with Gasteiger partial charge in [0.1, 0.15) is 12.9 Å². The van der Waals surface area contributed by atoms with E-state index in [0.717, 1.165) is 22.8 Å². The van der Waals surface area contributed by atoms with Gasteiger partial charge in [-0.25, -0.2) is 36.9 Å². The number of hydrogen-bond donors (Lipinski definition) is 1. The second-order valence-electron chi connectivity index (χ2n) is 14.9. The van der Waals surface area contributed by atoms with Crippen molar-refractivity contribution in [1.82, 2.24) is 29.4 Å². The topological polar surface area (TPSA) is 134 Å². The molecular formula is C36H37ClF6N8O3. The van der Waals surface area contributed by atoms with Gasteiger partial charge in [-0.1, -0.05) is 62.7 Å². The highest BCUT2D eigenvalue weighted by atomic mass is 35.5. The minimum Gasteiger partial charge on any atom is -0.463 e. The van der Waals surface area contributed by atoms with Crippen LogP contribution in [-0.2, 0) is 19.9 Å². The van der Waals surface area contributed by atoms with Gasteiger partial charge in [0, 0.05) is 17.2 Å². The van der Waals surface area contributed by atoms with Gasteiger partial charge in [0.15, 0.2) is 17.3 Å². The maximum Gasteiger partial charge on any atom is 0.333 e. The predicted octanol–water partition coefficient (Wildman–Crippen LogP) is 8.02. The lowest BCUT2D eigenvalue weighted by Crippen LogP contribution is -2.47. The van der Waals surface area contributed by atoms with Crippen molar-refractivity contribution in [3.63, 3.8) is 0 Å². The van der Waals surface area contributed by atoms with Crippen LogP contribution in [0.3, 0.4) is 0 Å². The fraction of sp³-hybridized carbons (Fsp3) is 0.444. The summed E-state index contributed by atoms with van der Waals surface area (Å²) in [4.78, 5) is 37.5. The number of nitrogens with zero attached hydrogens (tertiary/aromatic N) is 7. The molecule has 288 valence electrons. The van der Waals surface area contributed by atoms with Gasteiger partial charge in [0.2, 0.25) is 0 Å². The van der Waals surface area contributed by atoms with E-state index in [-0.39, 0.29) is 41.5 Å². The van der Waals surface area contributed by atoms with Gasteiger partial charge in [0.05, 0.1) is 29.4 Å². The molecule has 4 aromatic rings. The summed E-state index contributed by atoms with van der Waals surface area (Å²) in [6, 6.07) is 9.49. The van der Waals surface area contributed by atoms with Crippen molar-refractivity contribution in [2.45, 2.75) is 83.9 Å². The van der Waals surface area contributed by atoms with Crippen LogP contribution in [0.25, 0.3) is 16.8 Å². The summed E-state index contributed by atoms with van der Waals surface area (Å²) in [5.41, 5.74) is 4.40. The molecule has 1 saturated carbocycles. The molecular weight excluding hydrogens is 742 g/mol. The van der Waals surface area contributed by atoms with Crippen LogP contribution in [0.15, 0.2) is 66.2 Å². The molecule has 0 saturated heterocycles. The van der Waals surface area contributed by atoms with Gasteiger partial charge < -0.3 is 10.5 Å². The summed E-state index contributed by atoms with van der Waals surface area (Å²) >= 11 is 6.45. The van der Waals surface area contributed by atoms with E-state index in [1.54, 1.807) is 24.3 Å². The molecule has 0 radical (unpaired) electrons. The predicted molar refractivity (Wildman–Crippen MR) is 185 cm³/mol. The van der Waals surface area contributed by atoms with Crippen LogP contribution < -0.4 is 5.73 Å². The molecule has 11 nitrogen and oxygen atoms in total. The number of nitrogens with two attached hydrogens (primary N) is 1. The van der Waals surface area contributed by atoms with Crippen LogP contribution in [0, 0.1) is 10.8 Å². The Morgan fingerprint density at radius 1 is 1.02 bits per heavy atom. The Morgan fingerprint density at radius 2 is 1.70 bits per heavy atom. The molecule has 0 bridgehead atoms. The molecule has 2 aromatic carbocycles. The number of ether oxygens (including phenoxy) is 1. The fourth-order valence-corrected chi connectivity index (χ4v) is 7.03. The lowest BCUT2D eigenvalue weighted by Gasteiger charge is -2.35.